The third-order valence-corrected chi connectivity index (χ3v) is 4.96. The highest BCUT2D eigenvalue weighted by Crippen LogP contribution is 2.37. The van der Waals surface area contributed by atoms with Gasteiger partial charge in [-0.3, -0.25) is 9.20 Å². The molecular formula is C23H35F3N4OS. The predicted octanol–water partition coefficient (Wildman–Crippen LogP) is 5.47. The number of nitrogens with zero attached hydrogens (tertiary/aromatic N) is 3. The smallest absolute Gasteiger partial charge is 0.333 e. The number of carbonyl (C=O) groups excluding carboxylic acids is 1. The first-order valence-electron chi connectivity index (χ1n) is 10.7. The van der Waals surface area contributed by atoms with Crippen molar-refractivity contribution in [3.63, 3.8) is 0 Å². The number of halogens is 3. The lowest BCUT2D eigenvalue weighted by atomic mass is 10.0. The maximum atomic E-state index is 12.5. The second kappa shape index (κ2) is 15.7. The Morgan fingerprint density at radius 3 is 2.47 bits per heavy atom. The Morgan fingerprint density at radius 2 is 2.00 bits per heavy atom. The summed E-state index contributed by atoms with van der Waals surface area (Å²) >= 11 is -0.275. The van der Waals surface area contributed by atoms with E-state index in [-0.39, 0.29) is 28.0 Å². The molecule has 1 fully saturated rings. The summed E-state index contributed by atoms with van der Waals surface area (Å²) in [5.74, 6) is 6.54. The van der Waals surface area contributed by atoms with Gasteiger partial charge < -0.3 is 10.6 Å². The average molecular weight is 473 g/mol. The van der Waals surface area contributed by atoms with E-state index >= 15 is 0 Å². The number of likely N-dealkylation sites (tertiary alicyclic amines) is 1. The average Bonchev–Trinajstić information content (AvgIpc) is 3.16. The summed E-state index contributed by atoms with van der Waals surface area (Å²) in [6.07, 6.45) is 6.55. The molecule has 0 aliphatic carbocycles. The summed E-state index contributed by atoms with van der Waals surface area (Å²) in [6.45, 7) is 10.8. The van der Waals surface area contributed by atoms with Gasteiger partial charge in [-0.1, -0.05) is 39.5 Å². The van der Waals surface area contributed by atoms with Crippen LogP contribution in [-0.2, 0) is 0 Å². The number of hydrogen-bond donors (Lipinski definition) is 1. The minimum atomic E-state index is -4.41. The highest BCUT2D eigenvalue weighted by Gasteiger charge is 2.31. The maximum absolute atomic E-state index is 12.5. The molecule has 0 saturated carbocycles. The van der Waals surface area contributed by atoms with E-state index in [2.05, 4.69) is 41.4 Å². The molecule has 2 N–H and O–H groups in total. The van der Waals surface area contributed by atoms with Crippen molar-refractivity contribution in [1.29, 1.82) is 0 Å². The summed E-state index contributed by atoms with van der Waals surface area (Å²) in [6, 6.07) is 1.51. The number of alkyl halides is 3. The zero-order chi connectivity index (χ0) is 24.7. The molecule has 1 saturated heterocycles. The molecule has 180 valence electrons. The van der Waals surface area contributed by atoms with Crippen LogP contribution in [-0.4, -0.2) is 53.3 Å². The van der Waals surface area contributed by atoms with E-state index in [9.17, 15) is 18.0 Å². The lowest BCUT2D eigenvalue weighted by Crippen LogP contribution is -2.30. The van der Waals surface area contributed by atoms with E-state index in [1.165, 1.54) is 49.6 Å². The van der Waals surface area contributed by atoms with Gasteiger partial charge in [0.25, 0.3) is 0 Å². The van der Waals surface area contributed by atoms with Crippen LogP contribution in [0.1, 0.15) is 62.9 Å². The number of rotatable bonds is 2. The Kier molecular flexibility index (Phi) is 14.7. The van der Waals surface area contributed by atoms with E-state index in [1.54, 1.807) is 0 Å². The zero-order valence-electron chi connectivity index (χ0n) is 19.8. The molecule has 9 heteroatoms. The van der Waals surface area contributed by atoms with Crippen molar-refractivity contribution in [3.8, 4) is 11.8 Å². The maximum Gasteiger partial charge on any atom is 0.447 e. The number of aromatic nitrogens is 2. The van der Waals surface area contributed by atoms with E-state index in [4.69, 9.17) is 0 Å². The highest BCUT2D eigenvalue weighted by atomic mass is 32.2. The van der Waals surface area contributed by atoms with Gasteiger partial charge in [0.2, 0.25) is 0 Å². The van der Waals surface area contributed by atoms with Crippen LogP contribution in [0, 0.1) is 17.8 Å². The topological polar surface area (TPSA) is 63.6 Å². The van der Waals surface area contributed by atoms with Gasteiger partial charge in [-0.15, -0.1) is 0 Å². The Morgan fingerprint density at radius 1 is 1.34 bits per heavy atom. The Bertz CT molecular complexity index is 864. The van der Waals surface area contributed by atoms with Crippen LogP contribution in [0.5, 0.6) is 0 Å². The molecule has 5 nitrogen and oxygen atoms in total. The molecule has 1 unspecified atom stereocenters. The number of carbonyl (C=O) groups is 1. The van der Waals surface area contributed by atoms with Crippen molar-refractivity contribution in [3.05, 3.63) is 29.6 Å². The van der Waals surface area contributed by atoms with E-state index < -0.39 is 5.51 Å². The molecule has 0 radical (unpaired) electrons. The number of hydrogen-bond acceptors (Lipinski definition) is 5. The van der Waals surface area contributed by atoms with Gasteiger partial charge in [0, 0.05) is 36.5 Å². The van der Waals surface area contributed by atoms with Crippen LogP contribution in [0.2, 0.25) is 0 Å². The van der Waals surface area contributed by atoms with Crippen molar-refractivity contribution in [2.75, 3.05) is 27.2 Å². The van der Waals surface area contributed by atoms with Crippen molar-refractivity contribution in [1.82, 2.24) is 14.3 Å². The fourth-order valence-electron chi connectivity index (χ4n) is 3.06. The van der Waals surface area contributed by atoms with E-state index in [0.29, 0.717) is 18.3 Å². The summed E-state index contributed by atoms with van der Waals surface area (Å²) in [5, 5.41) is -0.101. The van der Waals surface area contributed by atoms with E-state index in [1.807, 2.05) is 20.8 Å². The van der Waals surface area contributed by atoms with Crippen molar-refractivity contribution < 1.29 is 18.0 Å². The van der Waals surface area contributed by atoms with E-state index in [0.717, 1.165) is 12.1 Å². The number of pyridine rings is 1. The molecule has 0 bridgehead atoms. The van der Waals surface area contributed by atoms with Crippen molar-refractivity contribution in [2.24, 2.45) is 11.7 Å². The monoisotopic (exact) mass is 472 g/mol. The summed E-state index contributed by atoms with van der Waals surface area (Å²) in [7, 11) is 3.70. The first-order valence-corrected chi connectivity index (χ1v) is 11.5. The summed E-state index contributed by atoms with van der Waals surface area (Å²) < 4.78 is 38.6. The minimum absolute atomic E-state index is 0.101. The highest BCUT2D eigenvalue weighted by molar-refractivity contribution is 8.00. The lowest BCUT2D eigenvalue weighted by Gasteiger charge is -2.26. The summed E-state index contributed by atoms with van der Waals surface area (Å²) in [5.41, 5.74) is 0.960. The summed E-state index contributed by atoms with van der Waals surface area (Å²) in [4.78, 5) is 17.3. The van der Waals surface area contributed by atoms with Gasteiger partial charge in [0.1, 0.15) is 10.7 Å². The van der Waals surface area contributed by atoms with Crippen LogP contribution in [0.15, 0.2) is 23.5 Å². The third-order valence-electron chi connectivity index (χ3n) is 4.22. The molecule has 1 aliphatic heterocycles. The molecule has 2 aromatic rings. The molecule has 32 heavy (non-hydrogen) atoms. The molecule has 3 rings (SSSR count). The quantitative estimate of drug-likeness (QED) is 0.357. The van der Waals surface area contributed by atoms with Gasteiger partial charge in [0.15, 0.2) is 6.29 Å². The number of thioether (sulfide) groups is 1. The first kappa shape index (κ1) is 30.0. The zero-order valence-corrected chi connectivity index (χ0v) is 20.6. The molecule has 0 amide bonds. The first-order chi connectivity index (χ1) is 15.2. The SMILES string of the molecule is CC.CC1CCCN(C)C1.CCC#Cc1cc(C=O)c2ncc(SC(F)(F)F)n2c1.CN. The number of piperidine rings is 1. The number of nitrogens with two attached hydrogens (primary N) is 1. The lowest BCUT2D eigenvalue weighted by molar-refractivity contribution is -0.0329. The molecule has 3 heterocycles. The fourth-order valence-corrected chi connectivity index (χ4v) is 3.64. The van der Waals surface area contributed by atoms with Crippen molar-refractivity contribution in [2.45, 2.75) is 57.5 Å². The fraction of sp³-hybridized carbons (Fsp3) is 0.565. The van der Waals surface area contributed by atoms with Gasteiger partial charge >= 0.3 is 5.51 Å². The van der Waals surface area contributed by atoms with Crippen LogP contribution in [0.4, 0.5) is 13.2 Å². The third kappa shape index (κ3) is 10.5. The van der Waals surface area contributed by atoms with Gasteiger partial charge in [-0.25, -0.2) is 4.98 Å². The predicted molar refractivity (Wildman–Crippen MR) is 127 cm³/mol. The molecule has 2 aromatic heterocycles. The van der Waals surface area contributed by atoms with Crippen LogP contribution >= 0.6 is 11.8 Å². The second-order valence-corrected chi connectivity index (χ2v) is 7.89. The number of imidazole rings is 1. The normalized spacial score (nSPS) is 15.6. The molecule has 0 aromatic carbocycles. The van der Waals surface area contributed by atoms with Gasteiger partial charge in [0.05, 0.1) is 11.8 Å². The Balaban J connectivity index is 0.000000666. The van der Waals surface area contributed by atoms with Crippen LogP contribution in [0.3, 0.4) is 0 Å². The molecular weight excluding hydrogens is 437 g/mol. The molecule has 0 spiro atoms. The minimum Gasteiger partial charge on any atom is -0.333 e. The second-order valence-electron chi connectivity index (χ2n) is 6.80. The number of aldehydes is 1. The number of fused-ring (bicyclic) bond motifs is 1. The Hall–Kier alpha value is -2.02. The Labute approximate surface area is 194 Å². The largest absolute Gasteiger partial charge is 0.447 e. The van der Waals surface area contributed by atoms with Gasteiger partial charge in [-0.2, -0.15) is 13.2 Å². The van der Waals surface area contributed by atoms with Crippen LogP contribution in [0.25, 0.3) is 5.65 Å². The van der Waals surface area contributed by atoms with Gasteiger partial charge in [-0.05, 0) is 45.5 Å². The molecule has 1 atom stereocenters. The van der Waals surface area contributed by atoms with Crippen LogP contribution < -0.4 is 5.73 Å². The molecule has 1 aliphatic rings. The standard InChI is InChI=1S/C13H9F3N2OS.C7H15N.C2H6.CH5N/c1-2-3-4-9-5-10(8-19)12-17-6-11(18(12)7-9)20-13(14,15)16;1-7-4-3-5-8(2)6-7;2*1-2/h5-8H,2H2,1H3;7H,3-6H2,1-2H3;1-2H3;2H2,1H3. The van der Waals surface area contributed by atoms with Crippen molar-refractivity contribution >= 4 is 23.7 Å².